The molecule has 0 aliphatic rings. The number of hydrogen-bond donors (Lipinski definition) is 1. The molecular formula is C11H18BrNS. The fourth-order valence-electron chi connectivity index (χ4n) is 1.01. The van der Waals surface area contributed by atoms with E-state index < -0.39 is 0 Å². The van der Waals surface area contributed by atoms with Gasteiger partial charge in [0, 0.05) is 27.3 Å². The molecule has 0 amide bonds. The average Bonchev–Trinajstić information content (AvgIpc) is 2.45. The van der Waals surface area contributed by atoms with Gasteiger partial charge in [-0.2, -0.15) is 0 Å². The molecule has 1 atom stereocenters. The number of rotatable bonds is 3. The lowest BCUT2D eigenvalue weighted by molar-refractivity contribution is 0.286. The van der Waals surface area contributed by atoms with E-state index in [1.807, 2.05) is 0 Å². The lowest BCUT2D eigenvalue weighted by atomic mass is 9.88. The SMILES string of the molecule is CC(NCc1cc(Br)cs1)C(C)(C)C. The van der Waals surface area contributed by atoms with Crippen LogP contribution in [0.3, 0.4) is 0 Å². The van der Waals surface area contributed by atoms with Crippen molar-refractivity contribution in [2.75, 3.05) is 0 Å². The minimum absolute atomic E-state index is 0.328. The minimum atomic E-state index is 0.328. The topological polar surface area (TPSA) is 12.0 Å². The summed E-state index contributed by atoms with van der Waals surface area (Å²) in [5.74, 6) is 0. The first-order valence-electron chi connectivity index (χ1n) is 4.86. The molecule has 1 heterocycles. The molecule has 14 heavy (non-hydrogen) atoms. The average molecular weight is 276 g/mol. The van der Waals surface area contributed by atoms with Crippen LogP contribution in [0.1, 0.15) is 32.6 Å². The van der Waals surface area contributed by atoms with E-state index in [4.69, 9.17) is 0 Å². The maximum Gasteiger partial charge on any atom is 0.0302 e. The first kappa shape index (κ1) is 12.2. The standard InChI is InChI=1S/C11H18BrNS/c1-8(11(2,3)4)13-6-10-5-9(12)7-14-10/h5,7-8,13H,6H2,1-4H3. The van der Waals surface area contributed by atoms with E-state index >= 15 is 0 Å². The van der Waals surface area contributed by atoms with Crippen LogP contribution in [0.15, 0.2) is 15.9 Å². The summed E-state index contributed by atoms with van der Waals surface area (Å²) in [4.78, 5) is 1.38. The smallest absolute Gasteiger partial charge is 0.0302 e. The van der Waals surface area contributed by atoms with Crippen LogP contribution in [0.5, 0.6) is 0 Å². The highest BCUT2D eigenvalue weighted by Gasteiger charge is 2.19. The maximum atomic E-state index is 3.54. The summed E-state index contributed by atoms with van der Waals surface area (Å²) in [5.41, 5.74) is 0.328. The summed E-state index contributed by atoms with van der Waals surface area (Å²) in [7, 11) is 0. The van der Waals surface area contributed by atoms with Crippen LogP contribution in [-0.2, 0) is 6.54 Å². The Morgan fingerprint density at radius 2 is 2.14 bits per heavy atom. The second-order valence-corrected chi connectivity index (χ2v) is 6.61. The van der Waals surface area contributed by atoms with Crippen molar-refractivity contribution in [1.29, 1.82) is 0 Å². The molecule has 0 saturated carbocycles. The third-order valence-electron chi connectivity index (χ3n) is 2.50. The molecule has 0 aliphatic carbocycles. The Kier molecular flexibility index (Phi) is 4.16. The molecule has 0 radical (unpaired) electrons. The quantitative estimate of drug-likeness (QED) is 0.878. The zero-order valence-electron chi connectivity index (χ0n) is 9.23. The van der Waals surface area contributed by atoms with Crippen molar-refractivity contribution >= 4 is 27.3 Å². The lowest BCUT2D eigenvalue weighted by Crippen LogP contribution is -2.36. The van der Waals surface area contributed by atoms with Crippen molar-refractivity contribution in [2.45, 2.75) is 40.3 Å². The third-order valence-corrected chi connectivity index (χ3v) is 4.20. The molecule has 0 aromatic carbocycles. The molecule has 0 aliphatic heterocycles. The van der Waals surface area contributed by atoms with Gasteiger partial charge in [0.25, 0.3) is 0 Å². The molecule has 80 valence electrons. The highest BCUT2D eigenvalue weighted by molar-refractivity contribution is 9.10. The molecule has 1 rings (SSSR count). The molecule has 1 aromatic rings. The normalized spacial score (nSPS) is 14.4. The Hall–Kier alpha value is 0.140. The summed E-state index contributed by atoms with van der Waals surface area (Å²) < 4.78 is 1.18. The summed E-state index contributed by atoms with van der Waals surface area (Å²) >= 11 is 5.25. The summed E-state index contributed by atoms with van der Waals surface area (Å²) in [5, 5.41) is 5.67. The van der Waals surface area contributed by atoms with Crippen molar-refractivity contribution in [3.63, 3.8) is 0 Å². The van der Waals surface area contributed by atoms with Gasteiger partial charge in [0.2, 0.25) is 0 Å². The minimum Gasteiger partial charge on any atom is -0.309 e. The van der Waals surface area contributed by atoms with E-state index in [0.29, 0.717) is 11.5 Å². The third kappa shape index (κ3) is 3.71. The zero-order valence-corrected chi connectivity index (χ0v) is 11.6. The predicted octanol–water partition coefficient (Wildman–Crippen LogP) is 4.03. The molecular weight excluding hydrogens is 258 g/mol. The summed E-state index contributed by atoms with van der Waals surface area (Å²) in [6.07, 6.45) is 0. The van der Waals surface area contributed by atoms with Crippen molar-refractivity contribution in [3.05, 3.63) is 20.8 Å². The van der Waals surface area contributed by atoms with Gasteiger partial charge in [0.15, 0.2) is 0 Å². The number of hydrogen-bond acceptors (Lipinski definition) is 2. The van der Waals surface area contributed by atoms with E-state index in [1.165, 1.54) is 9.35 Å². The van der Waals surface area contributed by atoms with Crippen LogP contribution in [0.25, 0.3) is 0 Å². The molecule has 1 aromatic heterocycles. The second kappa shape index (κ2) is 4.77. The molecule has 0 fully saturated rings. The maximum absolute atomic E-state index is 3.54. The fraction of sp³-hybridized carbons (Fsp3) is 0.636. The molecule has 0 saturated heterocycles. The van der Waals surface area contributed by atoms with Crippen LogP contribution in [0, 0.1) is 5.41 Å². The van der Waals surface area contributed by atoms with Gasteiger partial charge in [-0.3, -0.25) is 0 Å². The van der Waals surface area contributed by atoms with Crippen LogP contribution < -0.4 is 5.32 Å². The van der Waals surface area contributed by atoms with Crippen molar-refractivity contribution in [2.24, 2.45) is 5.41 Å². The molecule has 1 N–H and O–H groups in total. The van der Waals surface area contributed by atoms with E-state index in [-0.39, 0.29) is 0 Å². The van der Waals surface area contributed by atoms with Crippen molar-refractivity contribution < 1.29 is 0 Å². The van der Waals surface area contributed by atoms with Gasteiger partial charge in [-0.1, -0.05) is 20.8 Å². The Morgan fingerprint density at radius 3 is 2.57 bits per heavy atom. The van der Waals surface area contributed by atoms with Crippen LogP contribution in [-0.4, -0.2) is 6.04 Å². The second-order valence-electron chi connectivity index (χ2n) is 4.70. The van der Waals surface area contributed by atoms with Crippen LogP contribution in [0.4, 0.5) is 0 Å². The van der Waals surface area contributed by atoms with E-state index in [2.05, 4.69) is 60.4 Å². The first-order chi connectivity index (χ1) is 6.39. The van der Waals surface area contributed by atoms with Crippen molar-refractivity contribution in [3.8, 4) is 0 Å². The number of halogens is 1. The van der Waals surface area contributed by atoms with E-state index in [0.717, 1.165) is 6.54 Å². The molecule has 0 spiro atoms. The fourth-order valence-corrected chi connectivity index (χ4v) is 2.41. The molecule has 0 bridgehead atoms. The monoisotopic (exact) mass is 275 g/mol. The van der Waals surface area contributed by atoms with Gasteiger partial charge in [0.05, 0.1) is 0 Å². The van der Waals surface area contributed by atoms with E-state index in [9.17, 15) is 0 Å². The first-order valence-corrected chi connectivity index (χ1v) is 6.53. The predicted molar refractivity (Wildman–Crippen MR) is 67.8 cm³/mol. The van der Waals surface area contributed by atoms with Gasteiger partial charge < -0.3 is 5.32 Å². The summed E-state index contributed by atoms with van der Waals surface area (Å²) in [6.45, 7) is 9.98. The van der Waals surface area contributed by atoms with Gasteiger partial charge >= 0.3 is 0 Å². The van der Waals surface area contributed by atoms with Gasteiger partial charge in [-0.15, -0.1) is 11.3 Å². The van der Waals surface area contributed by atoms with E-state index in [1.54, 1.807) is 11.3 Å². The number of nitrogens with one attached hydrogen (secondary N) is 1. The van der Waals surface area contributed by atoms with Crippen LogP contribution in [0.2, 0.25) is 0 Å². The Bertz CT molecular complexity index is 288. The van der Waals surface area contributed by atoms with Crippen molar-refractivity contribution in [1.82, 2.24) is 5.32 Å². The van der Waals surface area contributed by atoms with Crippen LogP contribution >= 0.6 is 27.3 Å². The lowest BCUT2D eigenvalue weighted by Gasteiger charge is -2.28. The van der Waals surface area contributed by atoms with Gasteiger partial charge in [0.1, 0.15) is 0 Å². The number of thiophene rings is 1. The molecule has 3 heteroatoms. The largest absolute Gasteiger partial charge is 0.309 e. The zero-order chi connectivity index (χ0) is 10.8. The molecule has 1 nitrogen and oxygen atoms in total. The Balaban J connectivity index is 2.41. The van der Waals surface area contributed by atoms with Gasteiger partial charge in [-0.05, 0) is 34.3 Å². The Labute approximate surface area is 99.0 Å². The highest BCUT2D eigenvalue weighted by Crippen LogP contribution is 2.22. The summed E-state index contributed by atoms with van der Waals surface area (Å²) in [6, 6.07) is 2.70. The Morgan fingerprint density at radius 1 is 1.50 bits per heavy atom. The molecule has 1 unspecified atom stereocenters. The van der Waals surface area contributed by atoms with Gasteiger partial charge in [-0.25, -0.2) is 0 Å². The highest BCUT2D eigenvalue weighted by atomic mass is 79.9.